The Labute approximate surface area is 149 Å². The van der Waals surface area contributed by atoms with Gasteiger partial charge in [0.15, 0.2) is 5.76 Å². The van der Waals surface area contributed by atoms with Gasteiger partial charge in [-0.1, -0.05) is 23.9 Å². The predicted octanol–water partition coefficient (Wildman–Crippen LogP) is 1.79. The molecule has 25 heavy (non-hydrogen) atoms. The molecule has 132 valence electrons. The Balaban J connectivity index is 1.77. The number of thioether (sulfide) groups is 1. The zero-order valence-corrected chi connectivity index (χ0v) is 15.3. The molecule has 0 fully saturated rings. The highest BCUT2D eigenvalue weighted by atomic mass is 32.2. The molecule has 8 nitrogen and oxygen atoms in total. The molecule has 0 amide bonds. The van der Waals surface area contributed by atoms with Crippen molar-refractivity contribution in [2.45, 2.75) is 15.8 Å². The van der Waals surface area contributed by atoms with Crippen molar-refractivity contribution in [1.29, 1.82) is 0 Å². The summed E-state index contributed by atoms with van der Waals surface area (Å²) in [6, 6.07) is 10.3. The number of hydrogen-bond acceptors (Lipinski definition) is 7. The second-order valence-electron chi connectivity index (χ2n) is 5.38. The molecule has 0 spiro atoms. The number of hydrogen-bond donors (Lipinski definition) is 1. The molecule has 0 bridgehead atoms. The van der Waals surface area contributed by atoms with Crippen LogP contribution in [0.4, 0.5) is 0 Å². The van der Waals surface area contributed by atoms with E-state index in [0.29, 0.717) is 22.5 Å². The van der Waals surface area contributed by atoms with Crippen molar-refractivity contribution < 1.29 is 12.8 Å². The van der Waals surface area contributed by atoms with Crippen LogP contribution in [-0.2, 0) is 15.8 Å². The van der Waals surface area contributed by atoms with E-state index < -0.39 is 10.0 Å². The van der Waals surface area contributed by atoms with Crippen LogP contribution in [0.2, 0.25) is 0 Å². The summed E-state index contributed by atoms with van der Waals surface area (Å²) in [5.74, 6) is 7.47. The highest BCUT2D eigenvalue weighted by molar-refractivity contribution is 7.98. The van der Waals surface area contributed by atoms with Crippen LogP contribution < -0.4 is 5.84 Å². The molecule has 1 aromatic carbocycles. The van der Waals surface area contributed by atoms with Gasteiger partial charge in [0.25, 0.3) is 0 Å². The molecule has 0 saturated heterocycles. The van der Waals surface area contributed by atoms with Gasteiger partial charge in [0.2, 0.25) is 21.0 Å². The lowest BCUT2D eigenvalue weighted by atomic mass is 10.2. The maximum absolute atomic E-state index is 12.2. The Bertz CT molecular complexity index is 965. The first kappa shape index (κ1) is 17.5. The van der Waals surface area contributed by atoms with Crippen molar-refractivity contribution in [2.24, 2.45) is 0 Å². The van der Waals surface area contributed by atoms with Gasteiger partial charge < -0.3 is 10.3 Å². The van der Waals surface area contributed by atoms with Crippen molar-refractivity contribution in [1.82, 2.24) is 19.2 Å². The van der Waals surface area contributed by atoms with Gasteiger partial charge in [-0.2, -0.15) is 0 Å². The normalized spacial score (nSPS) is 12.0. The molecule has 0 unspecified atom stereocenters. The summed E-state index contributed by atoms with van der Waals surface area (Å²) in [5, 5.41) is 8.58. The van der Waals surface area contributed by atoms with Gasteiger partial charge in [0.1, 0.15) is 0 Å². The fourth-order valence-corrected chi connectivity index (χ4v) is 3.88. The highest BCUT2D eigenvalue weighted by Gasteiger charge is 2.18. The fourth-order valence-electron chi connectivity index (χ4n) is 2.10. The number of nitrogen functional groups attached to an aromatic ring is 1. The minimum Gasteiger partial charge on any atom is -0.461 e. The van der Waals surface area contributed by atoms with Crippen LogP contribution in [0, 0.1) is 0 Å². The lowest BCUT2D eigenvalue weighted by molar-refractivity contribution is 0.520. The van der Waals surface area contributed by atoms with E-state index in [4.69, 9.17) is 10.3 Å². The Morgan fingerprint density at radius 2 is 2.04 bits per heavy atom. The predicted molar refractivity (Wildman–Crippen MR) is 94.8 cm³/mol. The summed E-state index contributed by atoms with van der Waals surface area (Å²) in [7, 11) is -0.455. The molecular formula is C15H17N5O3S2. The second kappa shape index (κ2) is 6.90. The minimum absolute atomic E-state index is 0.251. The topological polar surface area (TPSA) is 107 Å². The van der Waals surface area contributed by atoms with E-state index in [1.165, 1.54) is 41.1 Å². The maximum atomic E-state index is 12.2. The van der Waals surface area contributed by atoms with E-state index in [0.717, 1.165) is 5.56 Å². The SMILES string of the molecule is CN(C)S(=O)(=O)c1cccc(CSc2nnc(-c3ccco3)n2N)c1. The molecule has 0 aliphatic rings. The average Bonchev–Trinajstić information content (AvgIpc) is 3.23. The summed E-state index contributed by atoms with van der Waals surface area (Å²) in [6.45, 7) is 0. The average molecular weight is 379 g/mol. The van der Waals surface area contributed by atoms with Crippen molar-refractivity contribution in [3.63, 3.8) is 0 Å². The van der Waals surface area contributed by atoms with E-state index in [1.807, 2.05) is 6.07 Å². The zero-order chi connectivity index (χ0) is 18.0. The first-order chi connectivity index (χ1) is 11.9. The molecular weight excluding hydrogens is 362 g/mol. The molecule has 3 rings (SSSR count). The summed E-state index contributed by atoms with van der Waals surface area (Å²) < 4.78 is 32.2. The summed E-state index contributed by atoms with van der Waals surface area (Å²) >= 11 is 1.36. The number of rotatable bonds is 6. The molecule has 2 N–H and O–H groups in total. The van der Waals surface area contributed by atoms with Crippen LogP contribution in [0.3, 0.4) is 0 Å². The first-order valence-electron chi connectivity index (χ1n) is 7.28. The van der Waals surface area contributed by atoms with Crippen LogP contribution in [0.5, 0.6) is 0 Å². The molecule has 0 aliphatic heterocycles. The van der Waals surface area contributed by atoms with E-state index in [-0.39, 0.29) is 4.90 Å². The minimum atomic E-state index is -3.46. The lowest BCUT2D eigenvalue weighted by Crippen LogP contribution is -2.22. The van der Waals surface area contributed by atoms with Gasteiger partial charge in [-0.3, -0.25) is 0 Å². The number of sulfonamides is 1. The van der Waals surface area contributed by atoms with Crippen molar-refractivity contribution in [2.75, 3.05) is 19.9 Å². The maximum Gasteiger partial charge on any atom is 0.242 e. The standard InChI is InChI=1S/C15H17N5O3S2/c1-19(2)25(21,22)12-6-3-5-11(9-12)10-24-15-18-17-14(20(15)16)13-7-4-8-23-13/h3-9H,10,16H2,1-2H3. The van der Waals surface area contributed by atoms with E-state index >= 15 is 0 Å². The highest BCUT2D eigenvalue weighted by Crippen LogP contribution is 2.25. The summed E-state index contributed by atoms with van der Waals surface area (Å²) in [6.07, 6.45) is 1.54. The molecule has 0 saturated carbocycles. The Kier molecular flexibility index (Phi) is 4.84. The quantitative estimate of drug-likeness (QED) is 0.514. The second-order valence-corrected chi connectivity index (χ2v) is 8.47. The number of nitrogens with two attached hydrogens (primary N) is 1. The fraction of sp³-hybridized carbons (Fsp3) is 0.200. The third kappa shape index (κ3) is 3.55. The number of aromatic nitrogens is 3. The Hall–Kier alpha value is -2.30. The largest absolute Gasteiger partial charge is 0.461 e. The van der Waals surface area contributed by atoms with Crippen molar-refractivity contribution >= 4 is 21.8 Å². The van der Waals surface area contributed by atoms with Crippen LogP contribution in [0.25, 0.3) is 11.6 Å². The molecule has 3 aromatic rings. The monoisotopic (exact) mass is 379 g/mol. The van der Waals surface area contributed by atoms with Crippen LogP contribution in [0.15, 0.2) is 57.1 Å². The van der Waals surface area contributed by atoms with E-state index in [1.54, 1.807) is 30.3 Å². The van der Waals surface area contributed by atoms with Crippen molar-refractivity contribution in [3.8, 4) is 11.6 Å². The van der Waals surface area contributed by atoms with Gasteiger partial charge in [-0.05, 0) is 29.8 Å². The van der Waals surface area contributed by atoms with Gasteiger partial charge in [0, 0.05) is 19.8 Å². The zero-order valence-electron chi connectivity index (χ0n) is 13.7. The number of nitrogens with zero attached hydrogens (tertiary/aromatic N) is 4. The number of benzene rings is 1. The van der Waals surface area contributed by atoms with Gasteiger partial charge in [-0.15, -0.1) is 10.2 Å². The molecule has 10 heteroatoms. The van der Waals surface area contributed by atoms with Gasteiger partial charge >= 0.3 is 0 Å². The third-order valence-electron chi connectivity index (χ3n) is 3.45. The summed E-state index contributed by atoms with van der Waals surface area (Å²) in [4.78, 5) is 0.251. The van der Waals surface area contributed by atoms with E-state index in [2.05, 4.69) is 10.2 Å². The third-order valence-corrected chi connectivity index (χ3v) is 6.28. The molecule has 0 radical (unpaired) electrons. The molecule has 0 aliphatic carbocycles. The molecule has 2 aromatic heterocycles. The van der Waals surface area contributed by atoms with Crippen LogP contribution >= 0.6 is 11.8 Å². The Morgan fingerprint density at radius 3 is 2.72 bits per heavy atom. The first-order valence-corrected chi connectivity index (χ1v) is 9.71. The van der Waals surface area contributed by atoms with Crippen molar-refractivity contribution in [3.05, 3.63) is 48.2 Å². The summed E-state index contributed by atoms with van der Waals surface area (Å²) in [5.41, 5.74) is 0.843. The number of furan rings is 1. The molecule has 2 heterocycles. The Morgan fingerprint density at radius 1 is 1.24 bits per heavy atom. The van der Waals surface area contributed by atoms with Gasteiger partial charge in [-0.25, -0.2) is 17.4 Å². The lowest BCUT2D eigenvalue weighted by Gasteiger charge is -2.12. The van der Waals surface area contributed by atoms with Gasteiger partial charge in [0.05, 0.1) is 11.2 Å². The van der Waals surface area contributed by atoms with E-state index in [9.17, 15) is 8.42 Å². The van der Waals surface area contributed by atoms with Crippen LogP contribution in [-0.4, -0.2) is 41.7 Å². The molecule has 0 atom stereocenters. The van der Waals surface area contributed by atoms with Crippen LogP contribution in [0.1, 0.15) is 5.56 Å². The smallest absolute Gasteiger partial charge is 0.242 e.